The Morgan fingerprint density at radius 3 is 1.74 bits per heavy atom. The monoisotopic (exact) mass is 920 g/mol. The Bertz CT molecular complexity index is 2290. The van der Waals surface area contributed by atoms with Gasteiger partial charge in [0.25, 0.3) is 0 Å². The molecule has 5 aliphatic rings. The SMILES string of the molecule is CC(C)c1cc(C(C)C)c(CNc2ccc(C3=CC=C(c4ccc(OCCOCCOCCOc5ccc(CCCOC(=O)C67CC8CC(CC(C8)C6)C7)cc5)cc4)CC=C3)cc2)c(C(C)C)c1. The third-order valence-corrected chi connectivity index (χ3v) is 14.9. The Morgan fingerprint density at radius 2 is 1.18 bits per heavy atom. The molecule has 9 rings (SSSR count). The molecule has 0 unspecified atom stereocenters. The van der Waals surface area contributed by atoms with E-state index < -0.39 is 0 Å². The summed E-state index contributed by atoms with van der Waals surface area (Å²) in [5.41, 5.74) is 12.8. The Morgan fingerprint density at radius 1 is 0.632 bits per heavy atom. The van der Waals surface area contributed by atoms with E-state index in [-0.39, 0.29) is 11.4 Å². The highest BCUT2D eigenvalue weighted by atomic mass is 16.6. The first-order valence-corrected chi connectivity index (χ1v) is 25.9. The minimum atomic E-state index is -0.167. The van der Waals surface area contributed by atoms with E-state index in [0.717, 1.165) is 80.0 Å². The Kier molecular flexibility index (Phi) is 17.0. The summed E-state index contributed by atoms with van der Waals surface area (Å²) in [4.78, 5) is 13.1. The number of ether oxygens (including phenoxy) is 5. The number of hydrogen-bond donors (Lipinski definition) is 1. The quantitative estimate of drug-likeness (QED) is 0.0554. The fourth-order valence-electron chi connectivity index (χ4n) is 11.5. The molecule has 68 heavy (non-hydrogen) atoms. The number of rotatable bonds is 24. The standard InChI is InChI=1S/C61H77NO6/c1-42(2)53-36-57(43(3)4)59(58(37-53)44(5)6)41-62-54-20-16-51(17-21-54)49-10-7-11-50(15-14-49)52-18-24-56(25-19-52)67-32-30-65-28-27-64-29-31-66-55-22-12-45(13-23-55)9-8-26-68-60(63)61-38-46-33-47(39-61)35-48(34-46)40-61/h7,10,12-25,36-37,42-44,46-48,62H,8-9,11,26-35,38-41H2,1-6H3. The molecular formula is C61H77NO6. The number of nitrogens with one attached hydrogen (secondary N) is 1. The molecule has 5 aliphatic carbocycles. The number of carbonyl (C=O) groups is 1. The molecule has 4 saturated carbocycles. The number of aryl methyl sites for hydroxylation is 1. The van der Waals surface area contributed by atoms with Crippen molar-refractivity contribution >= 4 is 22.8 Å². The van der Waals surface area contributed by atoms with Gasteiger partial charge in [0.2, 0.25) is 0 Å². The summed E-state index contributed by atoms with van der Waals surface area (Å²) in [5, 5.41) is 3.74. The topological polar surface area (TPSA) is 75.2 Å². The number of hydrogen-bond acceptors (Lipinski definition) is 7. The zero-order valence-electron chi connectivity index (χ0n) is 41.8. The van der Waals surface area contributed by atoms with Gasteiger partial charge in [-0.25, -0.2) is 0 Å². The van der Waals surface area contributed by atoms with Gasteiger partial charge in [-0.15, -0.1) is 0 Å². The summed E-state index contributed by atoms with van der Waals surface area (Å²) in [6.07, 6.45) is 18.8. The van der Waals surface area contributed by atoms with Gasteiger partial charge in [0.1, 0.15) is 24.7 Å². The minimum absolute atomic E-state index is 0.0846. The largest absolute Gasteiger partial charge is 0.491 e. The minimum Gasteiger partial charge on any atom is -0.491 e. The zero-order valence-corrected chi connectivity index (χ0v) is 41.8. The summed E-state index contributed by atoms with van der Waals surface area (Å²) in [6, 6.07) is 30.2. The van der Waals surface area contributed by atoms with Crippen molar-refractivity contribution in [1.82, 2.24) is 0 Å². The van der Waals surface area contributed by atoms with E-state index in [1.165, 1.54) is 69.4 Å². The summed E-state index contributed by atoms with van der Waals surface area (Å²) in [7, 11) is 0. The van der Waals surface area contributed by atoms with Crippen LogP contribution in [0.1, 0.15) is 150 Å². The number of anilines is 1. The van der Waals surface area contributed by atoms with Crippen molar-refractivity contribution in [1.29, 1.82) is 0 Å². The van der Waals surface area contributed by atoms with E-state index in [4.69, 9.17) is 23.7 Å². The molecule has 0 amide bonds. The van der Waals surface area contributed by atoms with Gasteiger partial charge in [-0.2, -0.15) is 0 Å². The second kappa shape index (κ2) is 23.5. The highest BCUT2D eigenvalue weighted by molar-refractivity contribution is 5.81. The summed E-state index contributed by atoms with van der Waals surface area (Å²) < 4.78 is 29.2. The second-order valence-electron chi connectivity index (χ2n) is 21.0. The Labute approximate surface area is 407 Å². The van der Waals surface area contributed by atoms with Crippen LogP contribution in [-0.2, 0) is 32.0 Å². The molecule has 0 spiro atoms. The van der Waals surface area contributed by atoms with E-state index in [1.807, 2.05) is 24.3 Å². The number of carbonyl (C=O) groups excluding carboxylic acids is 1. The van der Waals surface area contributed by atoms with Gasteiger partial charge in [-0.3, -0.25) is 4.79 Å². The molecule has 0 atom stereocenters. The first-order chi connectivity index (χ1) is 33.0. The molecule has 0 aliphatic heterocycles. The average molecular weight is 920 g/mol. The van der Waals surface area contributed by atoms with Gasteiger partial charge in [-0.05, 0) is 180 Å². The Balaban J connectivity index is 0.678. The lowest BCUT2D eigenvalue weighted by Crippen LogP contribution is -2.50. The van der Waals surface area contributed by atoms with Crippen LogP contribution in [0.5, 0.6) is 11.5 Å². The number of allylic oxidation sites excluding steroid dienone is 6. The van der Waals surface area contributed by atoms with Crippen LogP contribution in [0.15, 0.2) is 109 Å². The number of esters is 1. The molecule has 362 valence electrons. The van der Waals surface area contributed by atoms with E-state index in [9.17, 15) is 4.79 Å². The molecule has 0 saturated heterocycles. The molecule has 4 aromatic carbocycles. The van der Waals surface area contributed by atoms with Crippen molar-refractivity contribution < 1.29 is 28.5 Å². The lowest BCUT2D eigenvalue weighted by molar-refractivity contribution is -0.171. The van der Waals surface area contributed by atoms with E-state index in [1.54, 1.807) is 0 Å². The lowest BCUT2D eigenvalue weighted by Gasteiger charge is -2.55. The fourth-order valence-corrected chi connectivity index (χ4v) is 11.5. The molecule has 1 N–H and O–H groups in total. The van der Waals surface area contributed by atoms with Crippen LogP contribution >= 0.6 is 0 Å². The van der Waals surface area contributed by atoms with Crippen LogP contribution in [0.3, 0.4) is 0 Å². The maximum atomic E-state index is 13.1. The molecule has 4 bridgehead atoms. The molecule has 4 fully saturated rings. The van der Waals surface area contributed by atoms with E-state index >= 15 is 0 Å². The van der Waals surface area contributed by atoms with Crippen LogP contribution in [0.2, 0.25) is 0 Å². The third-order valence-electron chi connectivity index (χ3n) is 14.9. The maximum absolute atomic E-state index is 13.1. The fraction of sp³-hybridized carbons (Fsp3) is 0.492. The van der Waals surface area contributed by atoms with Gasteiger partial charge < -0.3 is 29.0 Å². The predicted octanol–water partition coefficient (Wildman–Crippen LogP) is 14.3. The summed E-state index contributed by atoms with van der Waals surface area (Å²) in [6.45, 7) is 18.1. The van der Waals surface area contributed by atoms with Crippen LogP contribution in [0.4, 0.5) is 5.69 Å². The Hall–Kier alpha value is -5.11. The summed E-state index contributed by atoms with van der Waals surface area (Å²) >= 11 is 0. The average Bonchev–Trinajstić information content (AvgIpc) is 3.59. The lowest BCUT2D eigenvalue weighted by atomic mass is 9.49. The number of benzene rings is 4. The van der Waals surface area contributed by atoms with Gasteiger partial charge in [0.05, 0.1) is 38.4 Å². The van der Waals surface area contributed by atoms with Gasteiger partial charge in [0, 0.05) is 12.2 Å². The molecule has 7 nitrogen and oxygen atoms in total. The van der Waals surface area contributed by atoms with Gasteiger partial charge >= 0.3 is 5.97 Å². The van der Waals surface area contributed by atoms with Crippen molar-refractivity contribution in [2.24, 2.45) is 23.2 Å². The third kappa shape index (κ3) is 12.9. The van der Waals surface area contributed by atoms with Gasteiger partial charge in [0.15, 0.2) is 0 Å². The van der Waals surface area contributed by atoms with Crippen molar-refractivity contribution in [3.05, 3.63) is 148 Å². The second-order valence-corrected chi connectivity index (χ2v) is 21.0. The molecule has 0 radical (unpaired) electrons. The van der Waals surface area contributed by atoms with Crippen LogP contribution in [0.25, 0.3) is 11.1 Å². The van der Waals surface area contributed by atoms with Crippen molar-refractivity contribution in [2.75, 3.05) is 51.6 Å². The predicted molar refractivity (Wildman–Crippen MR) is 278 cm³/mol. The van der Waals surface area contributed by atoms with Crippen molar-refractivity contribution in [3.63, 3.8) is 0 Å². The first kappa shape index (κ1) is 49.3. The zero-order chi connectivity index (χ0) is 47.5. The maximum Gasteiger partial charge on any atom is 0.312 e. The highest BCUT2D eigenvalue weighted by Crippen LogP contribution is 2.60. The first-order valence-electron chi connectivity index (χ1n) is 25.9. The van der Waals surface area contributed by atoms with Crippen LogP contribution in [0, 0.1) is 23.2 Å². The van der Waals surface area contributed by atoms with Crippen molar-refractivity contribution in [2.45, 2.75) is 124 Å². The molecule has 0 aromatic heterocycles. The molecule has 4 aromatic rings. The highest BCUT2D eigenvalue weighted by Gasteiger charge is 2.55. The molecule has 7 heteroatoms. The van der Waals surface area contributed by atoms with Crippen LogP contribution < -0.4 is 14.8 Å². The normalized spacial score (nSPS) is 20.7. The molecular weight excluding hydrogens is 843 g/mol. The molecule has 0 heterocycles. The van der Waals surface area contributed by atoms with Gasteiger partial charge in [-0.1, -0.05) is 114 Å². The smallest absolute Gasteiger partial charge is 0.312 e. The van der Waals surface area contributed by atoms with Crippen LogP contribution in [-0.4, -0.2) is 52.2 Å². The summed E-state index contributed by atoms with van der Waals surface area (Å²) in [5.74, 6) is 5.47. The van der Waals surface area contributed by atoms with E-state index in [0.29, 0.717) is 64.0 Å². The van der Waals surface area contributed by atoms with E-state index in [2.05, 4.69) is 132 Å². The van der Waals surface area contributed by atoms with Crippen molar-refractivity contribution in [3.8, 4) is 11.5 Å².